The van der Waals surface area contributed by atoms with Crippen LogP contribution in [0.3, 0.4) is 0 Å². The second kappa shape index (κ2) is 7.11. The Morgan fingerprint density at radius 3 is 2.74 bits per heavy atom. The van der Waals surface area contributed by atoms with Crippen molar-refractivity contribution in [2.24, 2.45) is 0 Å². The third kappa shape index (κ3) is 3.83. The number of alkyl halides is 1. The van der Waals surface area contributed by atoms with Crippen LogP contribution in [0.15, 0.2) is 0 Å². The molecular weight excluding hydrogens is 261 g/mol. The van der Waals surface area contributed by atoms with Crippen molar-refractivity contribution in [3.63, 3.8) is 0 Å². The van der Waals surface area contributed by atoms with Crippen molar-refractivity contribution in [2.75, 3.05) is 13.7 Å². The van der Waals surface area contributed by atoms with Crippen LogP contribution in [0, 0.1) is 0 Å². The number of rotatable bonds is 5. The standard InChI is InChI=1S/C11H20FNO6/c1-5-8(13-10(17)6(15)3-4-14)9(16)7(12)11(18-2)19-5/h5-9,11,14-16H,3-4H2,1-2H3,(H,13,17). The molecule has 0 aliphatic carbocycles. The minimum Gasteiger partial charge on any atom is -0.396 e. The number of hydrogen-bond donors (Lipinski definition) is 4. The number of carbonyl (C=O) groups excluding carboxylic acids is 1. The quantitative estimate of drug-likeness (QED) is 0.478. The molecule has 1 saturated heterocycles. The highest BCUT2D eigenvalue weighted by Crippen LogP contribution is 2.23. The average molecular weight is 281 g/mol. The average Bonchev–Trinajstić information content (AvgIpc) is 2.38. The molecule has 8 heteroatoms. The summed E-state index contributed by atoms with van der Waals surface area (Å²) in [5, 5.41) is 30.1. The molecule has 7 nitrogen and oxygen atoms in total. The number of methoxy groups -OCH3 is 1. The molecule has 0 radical (unpaired) electrons. The second-order valence-corrected chi connectivity index (χ2v) is 4.44. The summed E-state index contributed by atoms with van der Waals surface area (Å²) in [5.74, 6) is -0.795. The molecule has 1 fully saturated rings. The molecule has 19 heavy (non-hydrogen) atoms. The lowest BCUT2D eigenvalue weighted by Gasteiger charge is -2.40. The molecule has 0 aromatic carbocycles. The zero-order chi connectivity index (χ0) is 14.6. The lowest BCUT2D eigenvalue weighted by atomic mass is 9.97. The van der Waals surface area contributed by atoms with E-state index in [4.69, 9.17) is 14.6 Å². The van der Waals surface area contributed by atoms with E-state index in [0.717, 1.165) is 0 Å². The molecule has 4 N–H and O–H groups in total. The first-order chi connectivity index (χ1) is 8.92. The predicted octanol–water partition coefficient (Wildman–Crippen LogP) is -1.70. The van der Waals surface area contributed by atoms with E-state index in [2.05, 4.69) is 5.32 Å². The van der Waals surface area contributed by atoms with Crippen LogP contribution in [-0.4, -0.2) is 71.8 Å². The van der Waals surface area contributed by atoms with E-state index < -0.39 is 42.7 Å². The van der Waals surface area contributed by atoms with Crippen LogP contribution in [-0.2, 0) is 14.3 Å². The van der Waals surface area contributed by atoms with E-state index in [9.17, 15) is 19.4 Å². The van der Waals surface area contributed by atoms with Crippen LogP contribution in [0.1, 0.15) is 13.3 Å². The Hall–Kier alpha value is -0.800. The summed E-state index contributed by atoms with van der Waals surface area (Å²) in [6.07, 6.45) is -6.73. The fourth-order valence-corrected chi connectivity index (χ4v) is 1.91. The van der Waals surface area contributed by atoms with Gasteiger partial charge in [0.15, 0.2) is 12.5 Å². The molecule has 6 atom stereocenters. The summed E-state index contributed by atoms with van der Waals surface area (Å²) in [4.78, 5) is 11.6. The number of amides is 1. The third-order valence-corrected chi connectivity index (χ3v) is 3.06. The Morgan fingerprint density at radius 1 is 1.58 bits per heavy atom. The molecule has 6 unspecified atom stereocenters. The highest BCUT2D eigenvalue weighted by Gasteiger charge is 2.45. The van der Waals surface area contributed by atoms with Gasteiger partial charge in [-0.2, -0.15) is 0 Å². The Balaban J connectivity index is 2.64. The lowest BCUT2D eigenvalue weighted by molar-refractivity contribution is -0.246. The van der Waals surface area contributed by atoms with Crippen LogP contribution in [0.25, 0.3) is 0 Å². The van der Waals surface area contributed by atoms with Gasteiger partial charge in [-0.25, -0.2) is 4.39 Å². The smallest absolute Gasteiger partial charge is 0.249 e. The summed E-state index contributed by atoms with van der Waals surface area (Å²) >= 11 is 0. The number of carbonyl (C=O) groups is 1. The van der Waals surface area contributed by atoms with Gasteiger partial charge in [-0.1, -0.05) is 0 Å². The maximum atomic E-state index is 13.7. The number of hydrogen-bond acceptors (Lipinski definition) is 6. The largest absolute Gasteiger partial charge is 0.396 e. The monoisotopic (exact) mass is 281 g/mol. The SMILES string of the molecule is COC1OC(C)C(NC(=O)C(O)CCO)C(O)C1F. The van der Waals surface area contributed by atoms with Crippen LogP contribution >= 0.6 is 0 Å². The predicted molar refractivity (Wildman–Crippen MR) is 61.9 cm³/mol. The molecule has 0 aromatic heterocycles. The van der Waals surface area contributed by atoms with Crippen molar-refractivity contribution in [3.05, 3.63) is 0 Å². The minimum atomic E-state index is -1.80. The fourth-order valence-electron chi connectivity index (χ4n) is 1.91. The van der Waals surface area contributed by atoms with Gasteiger partial charge in [-0.05, 0) is 6.92 Å². The molecule has 0 bridgehead atoms. The number of halogens is 1. The van der Waals surface area contributed by atoms with Crippen LogP contribution < -0.4 is 5.32 Å². The topological polar surface area (TPSA) is 108 Å². The van der Waals surface area contributed by atoms with Gasteiger partial charge in [0.2, 0.25) is 5.91 Å². The van der Waals surface area contributed by atoms with Crippen molar-refractivity contribution >= 4 is 5.91 Å². The van der Waals surface area contributed by atoms with Gasteiger partial charge in [0, 0.05) is 20.1 Å². The van der Waals surface area contributed by atoms with E-state index in [0.29, 0.717) is 0 Å². The maximum Gasteiger partial charge on any atom is 0.249 e. The maximum absolute atomic E-state index is 13.7. The van der Waals surface area contributed by atoms with Crippen LogP contribution in [0.5, 0.6) is 0 Å². The van der Waals surface area contributed by atoms with Crippen LogP contribution in [0.4, 0.5) is 4.39 Å². The van der Waals surface area contributed by atoms with Gasteiger partial charge < -0.3 is 30.1 Å². The highest BCUT2D eigenvalue weighted by molar-refractivity contribution is 5.80. The summed E-state index contributed by atoms with van der Waals surface area (Å²) < 4.78 is 23.6. The first-order valence-electron chi connectivity index (χ1n) is 6.02. The zero-order valence-electron chi connectivity index (χ0n) is 10.8. The fraction of sp³-hybridized carbons (Fsp3) is 0.909. The lowest BCUT2D eigenvalue weighted by Crippen LogP contribution is -2.62. The van der Waals surface area contributed by atoms with Crippen molar-refractivity contribution in [1.29, 1.82) is 0 Å². The number of aliphatic hydroxyl groups excluding tert-OH is 3. The molecular formula is C11H20FNO6. The Kier molecular flexibility index (Phi) is 6.08. The van der Waals surface area contributed by atoms with Gasteiger partial charge in [0.1, 0.15) is 12.2 Å². The van der Waals surface area contributed by atoms with Gasteiger partial charge in [0.05, 0.1) is 12.1 Å². The van der Waals surface area contributed by atoms with Crippen molar-refractivity contribution < 1.29 is 34.0 Å². The third-order valence-electron chi connectivity index (χ3n) is 3.06. The van der Waals surface area contributed by atoms with E-state index in [1.807, 2.05) is 0 Å². The first-order valence-corrected chi connectivity index (χ1v) is 6.02. The molecule has 1 heterocycles. The van der Waals surface area contributed by atoms with Crippen molar-refractivity contribution in [2.45, 2.75) is 50.2 Å². The highest BCUT2D eigenvalue weighted by atomic mass is 19.1. The minimum absolute atomic E-state index is 0.135. The van der Waals surface area contributed by atoms with Gasteiger partial charge in [-0.15, -0.1) is 0 Å². The van der Waals surface area contributed by atoms with Crippen LogP contribution in [0.2, 0.25) is 0 Å². The van der Waals surface area contributed by atoms with E-state index >= 15 is 0 Å². The molecule has 0 saturated carbocycles. The summed E-state index contributed by atoms with van der Waals surface area (Å²) in [5.41, 5.74) is 0. The summed E-state index contributed by atoms with van der Waals surface area (Å²) in [6, 6.07) is -0.998. The van der Waals surface area contributed by atoms with Crippen molar-refractivity contribution in [1.82, 2.24) is 5.32 Å². The Bertz CT molecular complexity index is 305. The molecule has 1 amide bonds. The summed E-state index contributed by atoms with van der Waals surface area (Å²) in [7, 11) is 1.25. The normalized spacial score (nSPS) is 36.8. The molecule has 0 spiro atoms. The van der Waals surface area contributed by atoms with E-state index in [1.165, 1.54) is 7.11 Å². The zero-order valence-corrected chi connectivity index (χ0v) is 10.8. The second-order valence-electron chi connectivity index (χ2n) is 4.44. The van der Waals surface area contributed by atoms with E-state index in [1.54, 1.807) is 6.92 Å². The Labute approximate surface area is 110 Å². The number of aliphatic hydroxyl groups is 3. The molecule has 1 rings (SSSR count). The molecule has 112 valence electrons. The van der Waals surface area contributed by atoms with Gasteiger partial charge in [0.25, 0.3) is 0 Å². The Morgan fingerprint density at radius 2 is 2.21 bits per heavy atom. The molecule has 0 aromatic rings. The van der Waals surface area contributed by atoms with Crippen molar-refractivity contribution in [3.8, 4) is 0 Å². The van der Waals surface area contributed by atoms with E-state index in [-0.39, 0.29) is 13.0 Å². The molecule has 1 aliphatic rings. The summed E-state index contributed by atoms with van der Waals surface area (Å²) in [6.45, 7) is 1.19. The van der Waals surface area contributed by atoms with Gasteiger partial charge >= 0.3 is 0 Å². The van der Waals surface area contributed by atoms with Gasteiger partial charge in [-0.3, -0.25) is 4.79 Å². The number of nitrogens with one attached hydrogen (secondary N) is 1. The number of ether oxygens (including phenoxy) is 2. The molecule has 1 aliphatic heterocycles. The first kappa shape index (κ1) is 16.3.